The highest BCUT2D eigenvalue weighted by molar-refractivity contribution is 6.20. The molecule has 2 unspecified atom stereocenters. The van der Waals surface area contributed by atoms with E-state index in [1.54, 1.807) is 0 Å². The lowest BCUT2D eigenvalue weighted by atomic mass is 10.0. The molecule has 2 nitrogen and oxygen atoms in total. The van der Waals surface area contributed by atoms with Crippen LogP contribution in [0.1, 0.15) is 18.4 Å². The Labute approximate surface area is 125 Å². The highest BCUT2D eigenvalue weighted by atomic mass is 35.5. The van der Waals surface area contributed by atoms with Crippen molar-refractivity contribution >= 4 is 11.6 Å². The van der Waals surface area contributed by atoms with Crippen LogP contribution in [0.25, 0.3) is 0 Å². The molecule has 20 heavy (non-hydrogen) atoms. The van der Waals surface area contributed by atoms with Gasteiger partial charge in [-0.15, -0.1) is 0 Å². The van der Waals surface area contributed by atoms with E-state index < -0.39 is 0 Å². The van der Waals surface area contributed by atoms with E-state index in [1.807, 2.05) is 48.5 Å². The molecule has 106 valence electrons. The Morgan fingerprint density at radius 3 is 2.15 bits per heavy atom. The zero-order valence-electron chi connectivity index (χ0n) is 11.5. The van der Waals surface area contributed by atoms with E-state index in [0.29, 0.717) is 13.2 Å². The van der Waals surface area contributed by atoms with E-state index >= 15 is 0 Å². The molecule has 2 aromatic rings. The summed E-state index contributed by atoms with van der Waals surface area (Å²) in [6, 6.07) is 19.8. The topological polar surface area (TPSA) is 18.5 Å². The van der Waals surface area contributed by atoms with Gasteiger partial charge >= 0.3 is 0 Å². The van der Waals surface area contributed by atoms with Gasteiger partial charge in [0.25, 0.3) is 0 Å². The first-order chi connectivity index (χ1) is 9.77. The van der Waals surface area contributed by atoms with Crippen molar-refractivity contribution in [3.8, 4) is 5.75 Å². The van der Waals surface area contributed by atoms with Gasteiger partial charge in [-0.1, -0.05) is 67.1 Å². The van der Waals surface area contributed by atoms with Gasteiger partial charge in [0.05, 0.1) is 6.61 Å². The largest absolute Gasteiger partial charge is 0.491 e. The fourth-order valence-electron chi connectivity index (χ4n) is 1.89. The summed E-state index contributed by atoms with van der Waals surface area (Å²) in [5.74, 6) is 0.993. The smallest absolute Gasteiger partial charge is 0.137 e. The predicted octanol–water partition coefficient (Wildman–Crippen LogP) is 4.45. The number of benzene rings is 2. The van der Waals surface area contributed by atoms with Gasteiger partial charge in [0.2, 0.25) is 0 Å². The summed E-state index contributed by atoms with van der Waals surface area (Å²) in [6.45, 7) is 3.03. The molecule has 0 saturated heterocycles. The molecule has 0 aliphatic carbocycles. The van der Waals surface area contributed by atoms with Gasteiger partial charge in [0.1, 0.15) is 17.9 Å². The number of ether oxygens (including phenoxy) is 2. The summed E-state index contributed by atoms with van der Waals surface area (Å²) in [5, 5.41) is 0. The molecule has 0 aromatic heterocycles. The lowest BCUT2D eigenvalue weighted by Gasteiger charge is -2.19. The molecule has 0 saturated carbocycles. The van der Waals surface area contributed by atoms with Crippen molar-refractivity contribution in [2.24, 2.45) is 0 Å². The standard InChI is InChI=1S/C17H19ClO2/c1-14(15-8-4-2-5-9-15)17(18)20-13-12-19-16-10-6-3-7-11-16/h2-11,14,17H,12-13H2,1H3. The minimum absolute atomic E-state index is 0.148. The van der Waals surface area contributed by atoms with Crippen molar-refractivity contribution in [2.45, 2.75) is 18.4 Å². The average Bonchev–Trinajstić information content (AvgIpc) is 2.52. The van der Waals surface area contributed by atoms with Crippen LogP contribution in [0.5, 0.6) is 5.75 Å². The number of alkyl halides is 1. The summed E-state index contributed by atoms with van der Waals surface area (Å²) >= 11 is 6.27. The van der Waals surface area contributed by atoms with Gasteiger partial charge in [-0.3, -0.25) is 0 Å². The molecule has 0 radical (unpaired) electrons. The number of hydrogen-bond donors (Lipinski definition) is 0. The molecule has 2 atom stereocenters. The van der Waals surface area contributed by atoms with Crippen molar-refractivity contribution in [3.05, 3.63) is 66.2 Å². The van der Waals surface area contributed by atoms with E-state index in [9.17, 15) is 0 Å². The van der Waals surface area contributed by atoms with Crippen molar-refractivity contribution < 1.29 is 9.47 Å². The van der Waals surface area contributed by atoms with E-state index in [2.05, 4.69) is 19.1 Å². The van der Waals surface area contributed by atoms with Gasteiger partial charge in [-0.2, -0.15) is 0 Å². The number of rotatable bonds is 7. The first-order valence-electron chi connectivity index (χ1n) is 6.76. The van der Waals surface area contributed by atoms with Crippen LogP contribution in [-0.4, -0.2) is 18.8 Å². The summed E-state index contributed by atoms with van der Waals surface area (Å²) in [4.78, 5) is 0. The molecule has 2 aromatic carbocycles. The molecule has 0 heterocycles. The van der Waals surface area contributed by atoms with Crippen LogP contribution in [0.4, 0.5) is 0 Å². The Balaban J connectivity index is 1.71. The highest BCUT2D eigenvalue weighted by Gasteiger charge is 2.16. The van der Waals surface area contributed by atoms with Crippen LogP contribution in [-0.2, 0) is 4.74 Å². The second-order valence-electron chi connectivity index (χ2n) is 4.58. The third-order valence-electron chi connectivity index (χ3n) is 3.09. The lowest BCUT2D eigenvalue weighted by Crippen LogP contribution is -2.17. The average molecular weight is 291 g/mol. The maximum atomic E-state index is 6.27. The van der Waals surface area contributed by atoms with Crippen LogP contribution in [0.15, 0.2) is 60.7 Å². The first kappa shape index (κ1) is 14.9. The molecule has 0 N–H and O–H groups in total. The molecule has 0 aliphatic heterocycles. The molecule has 2 rings (SSSR count). The Bertz CT molecular complexity index is 487. The van der Waals surface area contributed by atoms with Crippen LogP contribution in [0, 0.1) is 0 Å². The molecular weight excluding hydrogens is 272 g/mol. The van der Waals surface area contributed by atoms with Gasteiger partial charge in [-0.05, 0) is 17.7 Å². The number of halogens is 1. The Morgan fingerprint density at radius 2 is 1.50 bits per heavy atom. The predicted molar refractivity (Wildman–Crippen MR) is 82.4 cm³/mol. The maximum Gasteiger partial charge on any atom is 0.137 e. The monoisotopic (exact) mass is 290 g/mol. The lowest BCUT2D eigenvalue weighted by molar-refractivity contribution is 0.0674. The highest BCUT2D eigenvalue weighted by Crippen LogP contribution is 2.23. The molecule has 0 fully saturated rings. The Morgan fingerprint density at radius 1 is 0.900 bits per heavy atom. The molecule has 0 spiro atoms. The minimum atomic E-state index is -0.350. The normalized spacial score (nSPS) is 13.7. The quantitative estimate of drug-likeness (QED) is 0.554. The third kappa shape index (κ3) is 4.55. The summed E-state index contributed by atoms with van der Waals surface area (Å²) in [6.07, 6.45) is 0. The minimum Gasteiger partial charge on any atom is -0.491 e. The molecule has 0 bridgehead atoms. The Hall–Kier alpha value is -1.51. The first-order valence-corrected chi connectivity index (χ1v) is 7.19. The van der Waals surface area contributed by atoms with Crippen molar-refractivity contribution in [1.82, 2.24) is 0 Å². The van der Waals surface area contributed by atoms with E-state index in [-0.39, 0.29) is 11.5 Å². The second kappa shape index (κ2) is 7.93. The van der Waals surface area contributed by atoms with E-state index in [0.717, 1.165) is 5.75 Å². The molecule has 3 heteroatoms. The summed E-state index contributed by atoms with van der Waals surface area (Å²) in [7, 11) is 0. The van der Waals surface area contributed by atoms with E-state index in [1.165, 1.54) is 5.56 Å². The van der Waals surface area contributed by atoms with Crippen LogP contribution in [0.3, 0.4) is 0 Å². The van der Waals surface area contributed by atoms with Gasteiger partial charge in [0, 0.05) is 5.92 Å². The number of hydrogen-bond acceptors (Lipinski definition) is 2. The van der Waals surface area contributed by atoms with Crippen molar-refractivity contribution in [3.63, 3.8) is 0 Å². The molecule has 0 aliphatic rings. The fraction of sp³-hybridized carbons (Fsp3) is 0.294. The van der Waals surface area contributed by atoms with Crippen molar-refractivity contribution in [1.29, 1.82) is 0 Å². The molecular formula is C17H19ClO2. The third-order valence-corrected chi connectivity index (χ3v) is 3.59. The second-order valence-corrected chi connectivity index (χ2v) is 5.01. The van der Waals surface area contributed by atoms with Gasteiger partial charge in [-0.25, -0.2) is 0 Å². The fourth-order valence-corrected chi connectivity index (χ4v) is 2.12. The van der Waals surface area contributed by atoms with Crippen LogP contribution >= 0.6 is 11.6 Å². The zero-order valence-corrected chi connectivity index (χ0v) is 12.3. The van der Waals surface area contributed by atoms with Gasteiger partial charge in [0.15, 0.2) is 0 Å². The summed E-state index contributed by atoms with van der Waals surface area (Å²) in [5.41, 5.74) is 0.827. The molecule has 0 amide bonds. The SMILES string of the molecule is CC(c1ccccc1)C(Cl)OCCOc1ccccc1. The van der Waals surface area contributed by atoms with Gasteiger partial charge < -0.3 is 9.47 Å². The van der Waals surface area contributed by atoms with Crippen molar-refractivity contribution in [2.75, 3.05) is 13.2 Å². The summed E-state index contributed by atoms with van der Waals surface area (Å²) < 4.78 is 11.2. The number of para-hydroxylation sites is 1. The zero-order chi connectivity index (χ0) is 14.2. The van der Waals surface area contributed by atoms with Crippen LogP contribution in [0.2, 0.25) is 0 Å². The Kier molecular flexibility index (Phi) is 5.90. The maximum absolute atomic E-state index is 6.27. The van der Waals surface area contributed by atoms with E-state index in [4.69, 9.17) is 21.1 Å². The van der Waals surface area contributed by atoms with Crippen LogP contribution < -0.4 is 4.74 Å².